The molecule has 0 radical (unpaired) electrons. The fourth-order valence-corrected chi connectivity index (χ4v) is 8.53. The van der Waals surface area contributed by atoms with E-state index in [9.17, 15) is 0 Å². The smallest absolute Gasteiger partial charge is 0.227 e. The van der Waals surface area contributed by atoms with E-state index in [0.29, 0.717) is 5.89 Å². The molecule has 0 spiro atoms. The van der Waals surface area contributed by atoms with E-state index in [4.69, 9.17) is 13.8 Å². The highest BCUT2D eigenvalue weighted by Crippen LogP contribution is 2.51. The standard InChI is InChI=1S/C48H32N2O2/c1-48(2)39-15-7-6-12-35(39)36-27-26-34(28-40(36)48)50(32-22-18-30(19-23-32)29-10-4-3-5-11-29)33-24-20-31(21-25-33)47-49-45-37-13-8-16-41-43(37)44-38(46(45)52-47)14-9-17-42(44)51-41/h3-28H,1-2H3. The third-order valence-electron chi connectivity index (χ3n) is 11.1. The largest absolute Gasteiger partial charge is 0.456 e. The zero-order valence-corrected chi connectivity index (χ0v) is 28.7. The van der Waals surface area contributed by atoms with E-state index >= 15 is 0 Å². The summed E-state index contributed by atoms with van der Waals surface area (Å²) in [5, 5.41) is 4.26. The van der Waals surface area contributed by atoms with Gasteiger partial charge in [0.05, 0.1) is 0 Å². The molecule has 0 atom stereocenters. The van der Waals surface area contributed by atoms with Gasteiger partial charge in [0.1, 0.15) is 16.7 Å². The first-order valence-corrected chi connectivity index (χ1v) is 17.8. The van der Waals surface area contributed by atoms with Crippen molar-refractivity contribution in [3.63, 3.8) is 0 Å². The van der Waals surface area contributed by atoms with Crippen molar-refractivity contribution in [3.05, 3.63) is 169 Å². The highest BCUT2D eigenvalue weighted by atomic mass is 16.3. The highest BCUT2D eigenvalue weighted by molar-refractivity contribution is 6.31. The average molecular weight is 669 g/mol. The third kappa shape index (κ3) is 4.12. The minimum absolute atomic E-state index is 0.107. The quantitative estimate of drug-likeness (QED) is 0.171. The van der Waals surface area contributed by atoms with Crippen LogP contribution in [0.25, 0.3) is 77.5 Å². The lowest BCUT2D eigenvalue weighted by atomic mass is 9.82. The molecule has 2 aromatic heterocycles. The molecule has 4 heteroatoms. The van der Waals surface area contributed by atoms with Crippen molar-refractivity contribution in [2.75, 3.05) is 4.90 Å². The van der Waals surface area contributed by atoms with Crippen LogP contribution in [0.4, 0.5) is 17.1 Å². The van der Waals surface area contributed by atoms with Gasteiger partial charge in [0.25, 0.3) is 0 Å². The Morgan fingerprint density at radius 2 is 1.08 bits per heavy atom. The molecule has 0 bridgehead atoms. The number of rotatable bonds is 5. The molecule has 0 amide bonds. The van der Waals surface area contributed by atoms with Gasteiger partial charge in [0.2, 0.25) is 5.89 Å². The van der Waals surface area contributed by atoms with E-state index in [1.54, 1.807) is 0 Å². The topological polar surface area (TPSA) is 42.4 Å². The van der Waals surface area contributed by atoms with Crippen LogP contribution in [-0.2, 0) is 5.41 Å². The van der Waals surface area contributed by atoms with E-state index < -0.39 is 0 Å². The van der Waals surface area contributed by atoms with E-state index in [1.165, 1.54) is 33.4 Å². The number of hydrogen-bond acceptors (Lipinski definition) is 4. The fraction of sp³-hybridized carbons (Fsp3) is 0.0625. The number of aromatic nitrogens is 1. The third-order valence-corrected chi connectivity index (χ3v) is 11.1. The monoisotopic (exact) mass is 668 g/mol. The van der Waals surface area contributed by atoms with Crippen LogP contribution < -0.4 is 4.90 Å². The summed E-state index contributed by atoms with van der Waals surface area (Å²) in [5.74, 6) is 0.600. The lowest BCUT2D eigenvalue weighted by Crippen LogP contribution is -2.16. The SMILES string of the molecule is CC1(C)c2ccccc2-c2ccc(N(c3ccc(-c4ccccc4)cc3)c3ccc(-c4nc5c6cccc7oc8cccc(c5o4)c8c76)cc3)cc21. The zero-order chi connectivity index (χ0) is 34.6. The number of furan rings is 1. The molecule has 0 saturated heterocycles. The second kappa shape index (κ2) is 10.7. The molecule has 11 rings (SSSR count). The normalized spacial score (nSPS) is 13.3. The Hall–Kier alpha value is -6.65. The lowest BCUT2D eigenvalue weighted by Gasteiger charge is -2.28. The number of hydrogen-bond donors (Lipinski definition) is 0. The first-order valence-electron chi connectivity index (χ1n) is 17.8. The Morgan fingerprint density at radius 3 is 1.83 bits per heavy atom. The van der Waals surface area contributed by atoms with Crippen LogP contribution in [0.15, 0.2) is 167 Å². The molecule has 2 heterocycles. The number of anilines is 3. The summed E-state index contributed by atoms with van der Waals surface area (Å²) in [6.07, 6.45) is 0. The van der Waals surface area contributed by atoms with Crippen LogP contribution in [0.1, 0.15) is 25.0 Å². The highest BCUT2D eigenvalue weighted by Gasteiger charge is 2.35. The molecule has 8 aromatic carbocycles. The zero-order valence-electron chi connectivity index (χ0n) is 28.7. The van der Waals surface area contributed by atoms with E-state index in [0.717, 1.165) is 66.4 Å². The van der Waals surface area contributed by atoms with Crippen molar-refractivity contribution in [1.29, 1.82) is 0 Å². The van der Waals surface area contributed by atoms with Crippen LogP contribution >= 0.6 is 0 Å². The predicted molar refractivity (Wildman–Crippen MR) is 213 cm³/mol. The van der Waals surface area contributed by atoms with Crippen molar-refractivity contribution in [1.82, 2.24) is 4.98 Å². The van der Waals surface area contributed by atoms with E-state index in [-0.39, 0.29) is 5.41 Å². The van der Waals surface area contributed by atoms with Crippen LogP contribution in [0.5, 0.6) is 0 Å². The molecular weight excluding hydrogens is 637 g/mol. The number of nitrogens with zero attached hydrogens (tertiary/aromatic N) is 2. The van der Waals surface area contributed by atoms with Crippen LogP contribution in [-0.4, -0.2) is 4.98 Å². The summed E-state index contributed by atoms with van der Waals surface area (Å²) in [6, 6.07) is 56.0. The first kappa shape index (κ1) is 29.1. The van der Waals surface area contributed by atoms with Crippen molar-refractivity contribution in [2.24, 2.45) is 0 Å². The van der Waals surface area contributed by atoms with Gasteiger partial charge < -0.3 is 13.7 Å². The first-order chi connectivity index (χ1) is 25.5. The summed E-state index contributed by atoms with van der Waals surface area (Å²) in [4.78, 5) is 7.44. The minimum atomic E-state index is -0.107. The summed E-state index contributed by atoms with van der Waals surface area (Å²) in [7, 11) is 0. The van der Waals surface area contributed by atoms with Crippen LogP contribution in [0.2, 0.25) is 0 Å². The summed E-state index contributed by atoms with van der Waals surface area (Å²) < 4.78 is 12.8. The van der Waals surface area contributed by atoms with Crippen molar-refractivity contribution < 1.29 is 8.83 Å². The van der Waals surface area contributed by atoms with E-state index in [1.807, 2.05) is 24.3 Å². The molecule has 10 aromatic rings. The molecule has 0 fully saturated rings. The maximum Gasteiger partial charge on any atom is 0.227 e. The molecule has 1 aliphatic rings. The van der Waals surface area contributed by atoms with Gasteiger partial charge in [-0.15, -0.1) is 0 Å². The van der Waals surface area contributed by atoms with Crippen molar-refractivity contribution in [2.45, 2.75) is 19.3 Å². The Balaban J connectivity index is 1.04. The number of benzene rings is 8. The Morgan fingerprint density at radius 1 is 0.481 bits per heavy atom. The van der Waals surface area contributed by atoms with Gasteiger partial charge in [-0.2, -0.15) is 0 Å². The molecule has 246 valence electrons. The molecule has 0 N–H and O–H groups in total. The molecule has 0 unspecified atom stereocenters. The molecular formula is C48H32N2O2. The lowest BCUT2D eigenvalue weighted by molar-refractivity contribution is 0.623. The van der Waals surface area contributed by atoms with Gasteiger partial charge >= 0.3 is 0 Å². The molecule has 0 aliphatic heterocycles. The molecule has 1 aliphatic carbocycles. The molecule has 0 saturated carbocycles. The molecule has 52 heavy (non-hydrogen) atoms. The van der Waals surface area contributed by atoms with Gasteiger partial charge in [-0.25, -0.2) is 4.98 Å². The summed E-state index contributed by atoms with van der Waals surface area (Å²) in [6.45, 7) is 4.67. The summed E-state index contributed by atoms with van der Waals surface area (Å²) >= 11 is 0. The Bertz CT molecular complexity index is 2890. The number of oxazole rings is 1. The summed E-state index contributed by atoms with van der Waals surface area (Å²) in [5.41, 5.74) is 15.2. The number of fused-ring (bicyclic) bond motifs is 6. The average Bonchev–Trinajstić information content (AvgIpc) is 3.88. The maximum absolute atomic E-state index is 6.60. The van der Waals surface area contributed by atoms with Gasteiger partial charge in [-0.3, -0.25) is 0 Å². The minimum Gasteiger partial charge on any atom is -0.456 e. The Kier molecular flexibility index (Phi) is 5.98. The van der Waals surface area contributed by atoms with Crippen molar-refractivity contribution >= 4 is 60.9 Å². The Labute approximate surface area is 300 Å². The fourth-order valence-electron chi connectivity index (χ4n) is 8.53. The second-order valence-electron chi connectivity index (χ2n) is 14.4. The van der Waals surface area contributed by atoms with Gasteiger partial charge in [-0.1, -0.05) is 111 Å². The predicted octanol–water partition coefficient (Wildman–Crippen LogP) is 13.4. The maximum atomic E-state index is 6.60. The van der Waals surface area contributed by atoms with Gasteiger partial charge in [0, 0.05) is 49.6 Å². The second-order valence-corrected chi connectivity index (χ2v) is 14.4. The van der Waals surface area contributed by atoms with Gasteiger partial charge in [0.15, 0.2) is 5.58 Å². The van der Waals surface area contributed by atoms with E-state index in [2.05, 4.69) is 152 Å². The van der Waals surface area contributed by atoms with Crippen LogP contribution in [0, 0.1) is 0 Å². The van der Waals surface area contributed by atoms with Crippen LogP contribution in [0.3, 0.4) is 0 Å². The molecule has 4 nitrogen and oxygen atoms in total. The van der Waals surface area contributed by atoms with Gasteiger partial charge in [-0.05, 0) is 94.0 Å². The van der Waals surface area contributed by atoms with Crippen molar-refractivity contribution in [3.8, 4) is 33.7 Å².